The van der Waals surface area contributed by atoms with Gasteiger partial charge in [0, 0.05) is 33.7 Å². The molecule has 0 heterocycles. The van der Waals surface area contributed by atoms with Gasteiger partial charge in [0.05, 0.1) is 11.4 Å². The summed E-state index contributed by atoms with van der Waals surface area (Å²) < 4.78 is 11.7. The standard InChI is InChI=1S/C15H23ClN2O2S/c1-11(2)7-9-21(20)8-3-4-15(19)18-14-10-12(16)5-6-13(14)17/h5-6,10-11H,3-4,7-9,17H2,1-2H3,(H,18,19). The lowest BCUT2D eigenvalue weighted by atomic mass is 10.2. The van der Waals surface area contributed by atoms with E-state index in [9.17, 15) is 9.00 Å². The molecule has 0 bridgehead atoms. The number of hydrogen-bond donors (Lipinski definition) is 2. The molecule has 1 rings (SSSR count). The number of halogens is 1. The summed E-state index contributed by atoms with van der Waals surface area (Å²) in [4.78, 5) is 11.8. The fraction of sp³-hybridized carbons (Fsp3) is 0.533. The van der Waals surface area contributed by atoms with Crippen LogP contribution in [0.4, 0.5) is 11.4 Å². The third kappa shape index (κ3) is 7.48. The smallest absolute Gasteiger partial charge is 0.224 e. The van der Waals surface area contributed by atoms with E-state index < -0.39 is 10.8 Å². The first-order valence-electron chi connectivity index (χ1n) is 7.08. The van der Waals surface area contributed by atoms with Crippen molar-refractivity contribution in [3.63, 3.8) is 0 Å². The highest BCUT2D eigenvalue weighted by atomic mass is 35.5. The second-order valence-corrected chi connectivity index (χ2v) is 7.55. The van der Waals surface area contributed by atoms with Gasteiger partial charge in [-0.3, -0.25) is 9.00 Å². The molecule has 1 aromatic rings. The lowest BCUT2D eigenvalue weighted by molar-refractivity contribution is -0.116. The summed E-state index contributed by atoms with van der Waals surface area (Å²) in [7, 11) is -0.837. The van der Waals surface area contributed by atoms with E-state index in [2.05, 4.69) is 19.2 Å². The summed E-state index contributed by atoms with van der Waals surface area (Å²) in [5.41, 5.74) is 6.76. The van der Waals surface area contributed by atoms with E-state index in [1.165, 1.54) is 0 Å². The molecule has 1 unspecified atom stereocenters. The average molecular weight is 331 g/mol. The summed E-state index contributed by atoms with van der Waals surface area (Å²) in [6.45, 7) is 4.22. The summed E-state index contributed by atoms with van der Waals surface area (Å²) in [5.74, 6) is 1.69. The van der Waals surface area contributed by atoms with Crippen molar-refractivity contribution in [1.29, 1.82) is 0 Å². The van der Waals surface area contributed by atoms with Crippen LogP contribution in [0.2, 0.25) is 5.02 Å². The van der Waals surface area contributed by atoms with E-state index in [0.717, 1.165) is 6.42 Å². The molecule has 0 fully saturated rings. The fourth-order valence-corrected chi connectivity index (χ4v) is 3.29. The maximum absolute atomic E-state index is 11.8. The minimum absolute atomic E-state index is 0.134. The predicted molar refractivity (Wildman–Crippen MR) is 91.1 cm³/mol. The van der Waals surface area contributed by atoms with Gasteiger partial charge in [0.2, 0.25) is 5.91 Å². The van der Waals surface area contributed by atoms with Crippen molar-refractivity contribution >= 4 is 39.7 Å². The molecular formula is C15H23ClN2O2S. The zero-order valence-electron chi connectivity index (χ0n) is 12.5. The molecule has 0 radical (unpaired) electrons. The van der Waals surface area contributed by atoms with E-state index in [1.807, 2.05) is 0 Å². The summed E-state index contributed by atoms with van der Waals surface area (Å²) in [5, 5.41) is 3.25. The molecule has 1 amide bonds. The van der Waals surface area contributed by atoms with Gasteiger partial charge in [0.25, 0.3) is 0 Å². The number of amides is 1. The van der Waals surface area contributed by atoms with Crippen LogP contribution in [-0.2, 0) is 15.6 Å². The second kappa shape index (κ2) is 9.05. The van der Waals surface area contributed by atoms with Gasteiger partial charge < -0.3 is 11.1 Å². The number of nitrogen functional groups attached to an aromatic ring is 1. The Labute approximate surface area is 133 Å². The Morgan fingerprint density at radius 1 is 1.38 bits per heavy atom. The molecule has 0 spiro atoms. The van der Waals surface area contributed by atoms with Crippen LogP contribution < -0.4 is 11.1 Å². The van der Waals surface area contributed by atoms with Crippen LogP contribution in [0.1, 0.15) is 33.1 Å². The molecule has 0 aliphatic carbocycles. The van der Waals surface area contributed by atoms with E-state index in [0.29, 0.717) is 46.7 Å². The van der Waals surface area contributed by atoms with Crippen LogP contribution >= 0.6 is 11.6 Å². The van der Waals surface area contributed by atoms with Crippen molar-refractivity contribution in [2.24, 2.45) is 5.92 Å². The van der Waals surface area contributed by atoms with Gasteiger partial charge in [-0.25, -0.2) is 0 Å². The maximum atomic E-state index is 11.8. The van der Waals surface area contributed by atoms with Crippen LogP contribution in [-0.4, -0.2) is 21.6 Å². The molecule has 118 valence electrons. The lowest BCUT2D eigenvalue weighted by Gasteiger charge is -2.09. The first-order valence-corrected chi connectivity index (χ1v) is 8.95. The van der Waals surface area contributed by atoms with Gasteiger partial charge in [0.1, 0.15) is 0 Å². The van der Waals surface area contributed by atoms with Crippen LogP contribution in [0.25, 0.3) is 0 Å². The molecule has 4 nitrogen and oxygen atoms in total. The van der Waals surface area contributed by atoms with Gasteiger partial charge in [0.15, 0.2) is 0 Å². The largest absolute Gasteiger partial charge is 0.397 e. The van der Waals surface area contributed by atoms with Crippen molar-refractivity contribution in [2.45, 2.75) is 33.1 Å². The Bertz CT molecular complexity index is 506. The highest BCUT2D eigenvalue weighted by Crippen LogP contribution is 2.23. The normalized spacial score (nSPS) is 12.4. The monoisotopic (exact) mass is 330 g/mol. The first kappa shape index (κ1) is 18.0. The Morgan fingerprint density at radius 2 is 2.10 bits per heavy atom. The Kier molecular flexibility index (Phi) is 7.75. The first-order chi connectivity index (χ1) is 9.88. The quantitative estimate of drug-likeness (QED) is 0.717. The molecule has 21 heavy (non-hydrogen) atoms. The fourth-order valence-electron chi connectivity index (χ4n) is 1.71. The number of rotatable bonds is 8. The molecule has 0 saturated carbocycles. The molecule has 0 aliphatic heterocycles. The molecule has 1 aromatic carbocycles. The molecule has 6 heteroatoms. The van der Waals surface area contributed by atoms with Gasteiger partial charge in [-0.1, -0.05) is 25.4 Å². The van der Waals surface area contributed by atoms with Crippen molar-refractivity contribution in [3.8, 4) is 0 Å². The second-order valence-electron chi connectivity index (χ2n) is 5.41. The number of carbonyl (C=O) groups is 1. The number of nitrogens with one attached hydrogen (secondary N) is 1. The number of nitrogens with two attached hydrogens (primary N) is 1. The number of benzene rings is 1. The van der Waals surface area contributed by atoms with Gasteiger partial charge in [-0.05, 0) is 37.0 Å². The van der Waals surface area contributed by atoms with Crippen molar-refractivity contribution in [1.82, 2.24) is 0 Å². The van der Waals surface area contributed by atoms with Crippen LogP contribution in [0, 0.1) is 5.92 Å². The van der Waals surface area contributed by atoms with E-state index in [1.54, 1.807) is 18.2 Å². The summed E-state index contributed by atoms with van der Waals surface area (Å²) in [6.07, 6.45) is 1.90. The number of anilines is 2. The van der Waals surface area contributed by atoms with Crippen LogP contribution in [0.5, 0.6) is 0 Å². The molecule has 0 saturated heterocycles. The van der Waals surface area contributed by atoms with Crippen LogP contribution in [0.3, 0.4) is 0 Å². The number of hydrogen-bond acceptors (Lipinski definition) is 3. The highest BCUT2D eigenvalue weighted by Gasteiger charge is 2.08. The number of carbonyl (C=O) groups excluding carboxylic acids is 1. The average Bonchev–Trinajstić information content (AvgIpc) is 2.40. The zero-order valence-corrected chi connectivity index (χ0v) is 14.1. The SMILES string of the molecule is CC(C)CCS(=O)CCCC(=O)Nc1cc(Cl)ccc1N. The summed E-state index contributed by atoms with van der Waals surface area (Å²) >= 11 is 5.86. The van der Waals surface area contributed by atoms with Crippen molar-refractivity contribution in [2.75, 3.05) is 22.6 Å². The van der Waals surface area contributed by atoms with Gasteiger partial charge in [-0.2, -0.15) is 0 Å². The molecule has 0 aromatic heterocycles. The van der Waals surface area contributed by atoms with E-state index in [4.69, 9.17) is 17.3 Å². The molecular weight excluding hydrogens is 308 g/mol. The Balaban J connectivity index is 2.31. The molecule has 0 aliphatic rings. The van der Waals surface area contributed by atoms with Crippen LogP contribution in [0.15, 0.2) is 18.2 Å². The third-order valence-electron chi connectivity index (χ3n) is 2.99. The Morgan fingerprint density at radius 3 is 2.76 bits per heavy atom. The topological polar surface area (TPSA) is 72.2 Å². The molecule has 1 atom stereocenters. The van der Waals surface area contributed by atoms with E-state index >= 15 is 0 Å². The minimum Gasteiger partial charge on any atom is -0.397 e. The summed E-state index contributed by atoms with van der Waals surface area (Å²) in [6, 6.07) is 4.94. The Hall–Kier alpha value is -1.07. The maximum Gasteiger partial charge on any atom is 0.224 e. The van der Waals surface area contributed by atoms with Gasteiger partial charge in [-0.15, -0.1) is 0 Å². The zero-order chi connectivity index (χ0) is 15.8. The highest BCUT2D eigenvalue weighted by molar-refractivity contribution is 7.84. The van der Waals surface area contributed by atoms with Gasteiger partial charge >= 0.3 is 0 Å². The van der Waals surface area contributed by atoms with Crippen molar-refractivity contribution < 1.29 is 9.00 Å². The third-order valence-corrected chi connectivity index (χ3v) is 4.66. The van der Waals surface area contributed by atoms with E-state index in [-0.39, 0.29) is 5.91 Å². The van der Waals surface area contributed by atoms with Crippen molar-refractivity contribution in [3.05, 3.63) is 23.2 Å². The minimum atomic E-state index is -0.837. The molecule has 3 N–H and O–H groups in total. The lowest BCUT2D eigenvalue weighted by Crippen LogP contribution is -2.14. The predicted octanol–water partition coefficient (Wildman–Crippen LogP) is 3.44.